The highest BCUT2D eigenvalue weighted by Gasteiger charge is 2.31. The van der Waals surface area contributed by atoms with Gasteiger partial charge in [0.05, 0.1) is 22.7 Å². The molecular formula is C13H15N3O3. The van der Waals surface area contributed by atoms with Crippen molar-refractivity contribution >= 4 is 5.69 Å². The minimum absolute atomic E-state index is 0.00555. The number of nitriles is 1. The quantitative estimate of drug-likeness (QED) is 0.645. The third kappa shape index (κ3) is 3.01. The van der Waals surface area contributed by atoms with E-state index < -0.39 is 4.92 Å². The molecule has 1 fully saturated rings. The van der Waals surface area contributed by atoms with Crippen molar-refractivity contribution < 1.29 is 9.66 Å². The van der Waals surface area contributed by atoms with Gasteiger partial charge in [-0.1, -0.05) is 0 Å². The largest absolute Gasteiger partial charge is 0.483 e. The van der Waals surface area contributed by atoms with Crippen LogP contribution in [0.25, 0.3) is 0 Å². The average molecular weight is 261 g/mol. The Bertz CT molecular complexity index is 518. The molecule has 1 saturated carbocycles. The van der Waals surface area contributed by atoms with Crippen molar-refractivity contribution in [2.75, 3.05) is 13.6 Å². The second kappa shape index (κ2) is 5.67. The summed E-state index contributed by atoms with van der Waals surface area (Å²) >= 11 is 0. The summed E-state index contributed by atoms with van der Waals surface area (Å²) in [7, 11) is 1.90. The van der Waals surface area contributed by atoms with E-state index in [0.717, 1.165) is 19.4 Å². The van der Waals surface area contributed by atoms with Crippen molar-refractivity contribution in [2.24, 2.45) is 5.92 Å². The van der Waals surface area contributed by atoms with E-state index in [2.05, 4.69) is 5.32 Å². The summed E-state index contributed by atoms with van der Waals surface area (Å²) in [5.74, 6) is 0.755. The first-order valence-corrected chi connectivity index (χ1v) is 6.14. The summed E-state index contributed by atoms with van der Waals surface area (Å²) in [6.45, 7) is 0.931. The van der Waals surface area contributed by atoms with E-state index >= 15 is 0 Å². The highest BCUT2D eigenvalue weighted by Crippen LogP contribution is 2.35. The average Bonchev–Trinajstić information content (AvgIpc) is 2.35. The van der Waals surface area contributed by atoms with E-state index in [0.29, 0.717) is 11.5 Å². The molecule has 1 N–H and O–H groups in total. The van der Waals surface area contributed by atoms with Gasteiger partial charge in [-0.15, -0.1) is 0 Å². The molecule has 6 nitrogen and oxygen atoms in total. The summed E-state index contributed by atoms with van der Waals surface area (Å²) in [6.07, 6.45) is 1.77. The van der Waals surface area contributed by atoms with Crippen molar-refractivity contribution in [3.8, 4) is 11.8 Å². The van der Waals surface area contributed by atoms with Crippen LogP contribution in [0.1, 0.15) is 18.4 Å². The van der Waals surface area contributed by atoms with Crippen molar-refractivity contribution in [2.45, 2.75) is 18.9 Å². The Labute approximate surface area is 111 Å². The van der Waals surface area contributed by atoms with E-state index in [4.69, 9.17) is 10.00 Å². The summed E-state index contributed by atoms with van der Waals surface area (Å²) in [5.41, 5.74) is 0.280. The summed E-state index contributed by atoms with van der Waals surface area (Å²) in [6, 6.07) is 6.14. The lowest BCUT2D eigenvalue weighted by atomic mass is 9.82. The van der Waals surface area contributed by atoms with Crippen LogP contribution in [0.15, 0.2) is 18.2 Å². The number of nitro groups is 1. The van der Waals surface area contributed by atoms with Crippen LogP contribution in [0.2, 0.25) is 0 Å². The molecule has 19 heavy (non-hydrogen) atoms. The number of nitro benzene ring substituents is 1. The third-order valence-electron chi connectivity index (χ3n) is 3.26. The van der Waals surface area contributed by atoms with Gasteiger partial charge < -0.3 is 10.1 Å². The number of ether oxygens (including phenoxy) is 1. The van der Waals surface area contributed by atoms with Crippen LogP contribution in [0.3, 0.4) is 0 Å². The van der Waals surface area contributed by atoms with Crippen LogP contribution in [0, 0.1) is 27.4 Å². The Kier molecular flexibility index (Phi) is 3.97. The number of nitrogens with one attached hydrogen (secondary N) is 1. The SMILES string of the molecule is CNCC1CC(Oc2cc(C#N)ccc2[N+](=O)[O-])C1. The summed E-state index contributed by atoms with van der Waals surface area (Å²) in [4.78, 5) is 10.4. The van der Waals surface area contributed by atoms with Gasteiger partial charge in [-0.05, 0) is 38.4 Å². The van der Waals surface area contributed by atoms with E-state index in [1.165, 1.54) is 18.2 Å². The fourth-order valence-electron chi connectivity index (χ4n) is 2.23. The third-order valence-corrected chi connectivity index (χ3v) is 3.26. The highest BCUT2D eigenvalue weighted by molar-refractivity contribution is 5.51. The molecule has 0 aliphatic heterocycles. The molecule has 6 heteroatoms. The maximum Gasteiger partial charge on any atom is 0.311 e. The molecule has 0 bridgehead atoms. The maximum absolute atomic E-state index is 10.9. The molecule has 0 radical (unpaired) electrons. The molecular weight excluding hydrogens is 246 g/mol. The summed E-state index contributed by atoms with van der Waals surface area (Å²) < 4.78 is 5.64. The molecule has 0 spiro atoms. The van der Waals surface area contributed by atoms with Gasteiger partial charge in [-0.2, -0.15) is 5.26 Å². The van der Waals surface area contributed by atoms with Gasteiger partial charge in [0.15, 0.2) is 5.75 Å². The molecule has 100 valence electrons. The van der Waals surface area contributed by atoms with Gasteiger partial charge in [0.1, 0.15) is 0 Å². The van der Waals surface area contributed by atoms with Crippen molar-refractivity contribution in [3.63, 3.8) is 0 Å². The Morgan fingerprint density at radius 3 is 2.89 bits per heavy atom. The van der Waals surface area contributed by atoms with E-state index in [1.807, 2.05) is 13.1 Å². The monoisotopic (exact) mass is 261 g/mol. The predicted molar refractivity (Wildman–Crippen MR) is 68.9 cm³/mol. The first kappa shape index (κ1) is 13.3. The second-order valence-electron chi connectivity index (χ2n) is 4.69. The Morgan fingerprint density at radius 2 is 2.32 bits per heavy atom. The van der Waals surface area contributed by atoms with E-state index in [9.17, 15) is 10.1 Å². The number of nitrogens with zero attached hydrogens (tertiary/aromatic N) is 2. The van der Waals surface area contributed by atoms with Crippen LogP contribution < -0.4 is 10.1 Å². The molecule has 1 aromatic rings. The van der Waals surface area contributed by atoms with Crippen LogP contribution in [-0.4, -0.2) is 24.6 Å². The zero-order valence-corrected chi connectivity index (χ0v) is 10.6. The smallest absolute Gasteiger partial charge is 0.311 e. The van der Waals surface area contributed by atoms with Crippen LogP contribution in [0.4, 0.5) is 5.69 Å². The first-order chi connectivity index (χ1) is 9.13. The lowest BCUT2D eigenvalue weighted by Crippen LogP contribution is -2.38. The lowest BCUT2D eigenvalue weighted by Gasteiger charge is -2.35. The molecule has 1 aliphatic carbocycles. The molecule has 1 aromatic carbocycles. The normalized spacial score (nSPS) is 21.3. The van der Waals surface area contributed by atoms with E-state index in [-0.39, 0.29) is 17.5 Å². The topological polar surface area (TPSA) is 88.2 Å². The van der Waals surface area contributed by atoms with Crippen molar-refractivity contribution in [3.05, 3.63) is 33.9 Å². The molecule has 1 aliphatic rings. The van der Waals surface area contributed by atoms with Gasteiger partial charge in [0.25, 0.3) is 0 Å². The predicted octanol–water partition coefficient (Wildman–Crippen LogP) is 1.84. The van der Waals surface area contributed by atoms with Crippen molar-refractivity contribution in [1.29, 1.82) is 5.26 Å². The number of hydrogen-bond acceptors (Lipinski definition) is 5. The van der Waals surface area contributed by atoms with Gasteiger partial charge in [-0.25, -0.2) is 0 Å². The Hall–Kier alpha value is -2.13. The second-order valence-corrected chi connectivity index (χ2v) is 4.69. The lowest BCUT2D eigenvalue weighted by molar-refractivity contribution is -0.386. The van der Waals surface area contributed by atoms with Crippen LogP contribution in [0.5, 0.6) is 5.75 Å². The molecule has 0 atom stereocenters. The molecule has 0 amide bonds. The molecule has 2 rings (SSSR count). The molecule has 0 aromatic heterocycles. The fraction of sp³-hybridized carbons (Fsp3) is 0.462. The molecule has 0 unspecified atom stereocenters. The van der Waals surface area contributed by atoms with E-state index in [1.54, 1.807) is 0 Å². The highest BCUT2D eigenvalue weighted by atomic mass is 16.6. The minimum atomic E-state index is -0.486. The van der Waals surface area contributed by atoms with Crippen molar-refractivity contribution in [1.82, 2.24) is 5.32 Å². The fourth-order valence-corrected chi connectivity index (χ4v) is 2.23. The van der Waals surface area contributed by atoms with Gasteiger partial charge in [-0.3, -0.25) is 10.1 Å². The molecule has 0 saturated heterocycles. The standard InChI is InChI=1S/C13H15N3O3/c1-15-8-10-4-11(5-10)19-13-6-9(7-14)2-3-12(13)16(17)18/h2-3,6,10-11,15H,4-5,8H2,1H3. The number of rotatable bonds is 5. The minimum Gasteiger partial charge on any atom is -0.483 e. The van der Waals surface area contributed by atoms with Gasteiger partial charge in [0.2, 0.25) is 0 Å². The van der Waals surface area contributed by atoms with Gasteiger partial charge in [0, 0.05) is 12.1 Å². The Balaban J connectivity index is 2.07. The Morgan fingerprint density at radius 1 is 1.58 bits per heavy atom. The zero-order chi connectivity index (χ0) is 13.8. The summed E-state index contributed by atoms with van der Waals surface area (Å²) in [5, 5.41) is 22.8. The molecule has 0 heterocycles. The van der Waals surface area contributed by atoms with Crippen LogP contribution in [-0.2, 0) is 0 Å². The van der Waals surface area contributed by atoms with Crippen LogP contribution >= 0.6 is 0 Å². The van der Waals surface area contributed by atoms with Gasteiger partial charge >= 0.3 is 5.69 Å². The zero-order valence-electron chi connectivity index (χ0n) is 10.6. The first-order valence-electron chi connectivity index (χ1n) is 6.14. The number of benzene rings is 1. The number of hydrogen-bond donors (Lipinski definition) is 1. The maximum atomic E-state index is 10.9.